The molecule has 27 heavy (non-hydrogen) atoms. The van der Waals surface area contributed by atoms with Gasteiger partial charge in [-0.1, -0.05) is 0 Å². The number of aliphatic hydroxyl groups is 1. The van der Waals surface area contributed by atoms with Gasteiger partial charge in [-0.3, -0.25) is 9.80 Å². The van der Waals surface area contributed by atoms with Gasteiger partial charge >= 0.3 is 6.09 Å². The second-order valence-corrected chi connectivity index (χ2v) is 7.01. The van der Waals surface area contributed by atoms with Gasteiger partial charge < -0.3 is 25.0 Å². The molecule has 8 nitrogen and oxygen atoms in total. The van der Waals surface area contributed by atoms with E-state index in [0.717, 1.165) is 13.1 Å². The zero-order chi connectivity index (χ0) is 19.2. The number of carbonyl (C=O) groups is 1. The van der Waals surface area contributed by atoms with Gasteiger partial charge in [-0.25, -0.2) is 9.18 Å². The van der Waals surface area contributed by atoms with Crippen molar-refractivity contribution in [2.75, 3.05) is 52.4 Å². The van der Waals surface area contributed by atoms with E-state index >= 15 is 0 Å². The lowest BCUT2D eigenvalue weighted by molar-refractivity contribution is -0.142. The molecule has 2 aliphatic heterocycles. The first-order valence-electron chi connectivity index (χ1n) is 9.11. The Kier molecular flexibility index (Phi) is 6.84. The fourth-order valence-corrected chi connectivity index (χ4v) is 3.59. The Morgan fingerprint density at radius 2 is 1.85 bits per heavy atom. The number of nitrogens with zero attached hydrogens (tertiary/aromatic N) is 2. The van der Waals surface area contributed by atoms with Crippen molar-refractivity contribution in [1.29, 1.82) is 0 Å². The summed E-state index contributed by atoms with van der Waals surface area (Å²) in [5, 5.41) is 21.3. The van der Waals surface area contributed by atoms with Crippen LogP contribution in [0.5, 0.6) is 5.75 Å². The van der Waals surface area contributed by atoms with E-state index in [9.17, 15) is 14.3 Å². The first kappa shape index (κ1) is 19.8. The molecule has 2 saturated heterocycles. The van der Waals surface area contributed by atoms with Gasteiger partial charge in [-0.05, 0) is 24.3 Å². The second-order valence-electron chi connectivity index (χ2n) is 7.01. The highest BCUT2D eigenvalue weighted by atomic mass is 19.1. The van der Waals surface area contributed by atoms with E-state index in [-0.39, 0.29) is 24.6 Å². The summed E-state index contributed by atoms with van der Waals surface area (Å²) in [6, 6.07) is 5.72. The zero-order valence-corrected chi connectivity index (χ0v) is 15.1. The van der Waals surface area contributed by atoms with Crippen LogP contribution in [-0.4, -0.2) is 96.8 Å². The molecule has 2 bridgehead atoms. The molecule has 3 rings (SSSR count). The molecule has 0 saturated carbocycles. The van der Waals surface area contributed by atoms with Crippen LogP contribution < -0.4 is 10.1 Å². The van der Waals surface area contributed by atoms with E-state index in [0.29, 0.717) is 38.5 Å². The van der Waals surface area contributed by atoms with E-state index in [4.69, 9.17) is 14.6 Å². The van der Waals surface area contributed by atoms with Crippen molar-refractivity contribution in [2.24, 2.45) is 0 Å². The molecule has 150 valence electrons. The van der Waals surface area contributed by atoms with Crippen LogP contribution in [0.2, 0.25) is 0 Å². The number of ether oxygens (including phenoxy) is 2. The number of rotatable bonds is 8. The first-order valence-corrected chi connectivity index (χ1v) is 9.11. The van der Waals surface area contributed by atoms with Gasteiger partial charge in [-0.2, -0.15) is 0 Å². The summed E-state index contributed by atoms with van der Waals surface area (Å²) < 4.78 is 24.3. The summed E-state index contributed by atoms with van der Waals surface area (Å²) in [5.74, 6) is 0.204. The van der Waals surface area contributed by atoms with Crippen LogP contribution in [0.4, 0.5) is 9.18 Å². The number of amides is 1. The molecular weight excluding hydrogens is 357 g/mol. The molecule has 2 aliphatic rings. The monoisotopic (exact) mass is 383 g/mol. The minimum Gasteiger partial charge on any atom is -0.491 e. The number of morpholine rings is 2. The maximum absolute atomic E-state index is 12.9. The van der Waals surface area contributed by atoms with Crippen molar-refractivity contribution in [2.45, 2.75) is 18.3 Å². The maximum Gasteiger partial charge on any atom is 0.404 e. The quantitative estimate of drug-likeness (QED) is 0.591. The largest absolute Gasteiger partial charge is 0.491 e. The fraction of sp³-hybridized carbons (Fsp3) is 0.611. The van der Waals surface area contributed by atoms with E-state index in [1.165, 1.54) is 24.3 Å². The Bertz CT molecular complexity index is 604. The lowest BCUT2D eigenvalue weighted by atomic mass is 10.1. The fourth-order valence-electron chi connectivity index (χ4n) is 3.59. The van der Waals surface area contributed by atoms with Crippen LogP contribution in [0.1, 0.15) is 0 Å². The number of carboxylic acid groups (broad SMARTS) is 1. The van der Waals surface area contributed by atoms with Crippen molar-refractivity contribution < 1.29 is 28.9 Å². The van der Waals surface area contributed by atoms with E-state index < -0.39 is 12.2 Å². The van der Waals surface area contributed by atoms with Crippen LogP contribution >= 0.6 is 0 Å². The Balaban J connectivity index is 1.39. The molecule has 1 aromatic rings. The highest BCUT2D eigenvalue weighted by Crippen LogP contribution is 2.19. The first-order chi connectivity index (χ1) is 13.0. The number of aliphatic hydroxyl groups excluding tert-OH is 1. The normalized spacial score (nSPS) is 24.4. The predicted molar refractivity (Wildman–Crippen MR) is 95.5 cm³/mol. The summed E-state index contributed by atoms with van der Waals surface area (Å²) in [7, 11) is 0. The number of fused-ring (bicyclic) bond motifs is 2. The third kappa shape index (κ3) is 6.31. The number of halogens is 1. The van der Waals surface area contributed by atoms with Crippen molar-refractivity contribution in [3.63, 3.8) is 0 Å². The van der Waals surface area contributed by atoms with Crippen molar-refractivity contribution in [1.82, 2.24) is 15.1 Å². The average molecular weight is 383 g/mol. The van der Waals surface area contributed by atoms with Crippen molar-refractivity contribution in [3.05, 3.63) is 30.1 Å². The maximum atomic E-state index is 12.9. The third-order valence-electron chi connectivity index (χ3n) is 4.66. The highest BCUT2D eigenvalue weighted by Gasteiger charge is 2.35. The van der Waals surface area contributed by atoms with E-state index in [1.807, 2.05) is 0 Å². The van der Waals surface area contributed by atoms with Gasteiger partial charge in [0.25, 0.3) is 0 Å². The van der Waals surface area contributed by atoms with E-state index in [1.54, 1.807) is 0 Å². The Morgan fingerprint density at radius 1 is 1.22 bits per heavy atom. The molecule has 2 heterocycles. The van der Waals surface area contributed by atoms with Gasteiger partial charge in [0.05, 0.1) is 12.2 Å². The summed E-state index contributed by atoms with van der Waals surface area (Å²) in [6.45, 7) is 4.62. The van der Waals surface area contributed by atoms with Crippen molar-refractivity contribution in [3.8, 4) is 5.75 Å². The lowest BCUT2D eigenvalue weighted by Crippen LogP contribution is -2.61. The van der Waals surface area contributed by atoms with Gasteiger partial charge in [0.15, 0.2) is 0 Å². The van der Waals surface area contributed by atoms with Crippen LogP contribution in [0.25, 0.3) is 0 Å². The molecule has 3 atom stereocenters. The average Bonchev–Trinajstić information content (AvgIpc) is 2.60. The van der Waals surface area contributed by atoms with Crippen molar-refractivity contribution >= 4 is 6.09 Å². The SMILES string of the molecule is O=C(O)NCCN1CC2CN(CC(O)COc3ccc(F)cc3)CC(C1)O2. The van der Waals surface area contributed by atoms with Gasteiger partial charge in [0.1, 0.15) is 24.3 Å². The number of hydrogen-bond donors (Lipinski definition) is 3. The molecule has 1 aromatic carbocycles. The molecular formula is C18H26FN3O5. The minimum absolute atomic E-state index is 0.0487. The Labute approximate surface area is 157 Å². The second kappa shape index (κ2) is 9.32. The Hall–Kier alpha value is -1.94. The standard InChI is InChI=1S/C18H26FN3O5/c19-13-1-3-15(4-2-13)26-12-14(23)7-22-10-16-8-21(6-5-20-18(24)25)9-17(11-22)27-16/h1-4,14,16-17,20,23H,5-12H2,(H,24,25). The Morgan fingerprint density at radius 3 is 2.48 bits per heavy atom. The molecule has 0 aliphatic carbocycles. The zero-order valence-electron chi connectivity index (χ0n) is 15.1. The molecule has 1 amide bonds. The molecule has 2 fully saturated rings. The molecule has 0 aromatic heterocycles. The number of β-amino-alcohol motifs (C(OH)–C–C–N with tert-alkyl or cyclic N) is 1. The van der Waals surface area contributed by atoms with Gasteiger partial charge in [-0.15, -0.1) is 0 Å². The summed E-state index contributed by atoms with van der Waals surface area (Å²) in [5.41, 5.74) is 0. The molecule has 3 N–H and O–H groups in total. The molecule has 3 unspecified atom stereocenters. The molecule has 0 radical (unpaired) electrons. The third-order valence-corrected chi connectivity index (χ3v) is 4.66. The highest BCUT2D eigenvalue weighted by molar-refractivity contribution is 5.64. The summed E-state index contributed by atoms with van der Waals surface area (Å²) in [4.78, 5) is 14.9. The molecule has 9 heteroatoms. The van der Waals surface area contributed by atoms with Crippen LogP contribution in [0.3, 0.4) is 0 Å². The van der Waals surface area contributed by atoms with Crippen LogP contribution in [0, 0.1) is 5.82 Å². The van der Waals surface area contributed by atoms with Crippen LogP contribution in [0.15, 0.2) is 24.3 Å². The number of nitrogens with one attached hydrogen (secondary N) is 1. The smallest absolute Gasteiger partial charge is 0.404 e. The summed E-state index contributed by atoms with van der Waals surface area (Å²) in [6.07, 6.45) is -1.56. The van der Waals surface area contributed by atoms with Crippen LogP contribution in [-0.2, 0) is 4.74 Å². The topological polar surface area (TPSA) is 94.5 Å². The predicted octanol–water partition coefficient (Wildman–Crippen LogP) is 0.218. The minimum atomic E-state index is -1.01. The summed E-state index contributed by atoms with van der Waals surface area (Å²) >= 11 is 0. The van der Waals surface area contributed by atoms with Gasteiger partial charge in [0, 0.05) is 45.8 Å². The molecule has 0 spiro atoms. The van der Waals surface area contributed by atoms with Gasteiger partial charge in [0.2, 0.25) is 0 Å². The lowest BCUT2D eigenvalue weighted by Gasteiger charge is -2.46. The number of hydrogen-bond acceptors (Lipinski definition) is 6. The number of benzene rings is 1. The van der Waals surface area contributed by atoms with E-state index in [2.05, 4.69) is 15.1 Å².